The van der Waals surface area contributed by atoms with E-state index in [4.69, 9.17) is 4.42 Å². The SMILES string of the molecule is Cc1oc(O)c(C(=O)C(F)(F)F)[n+]1-c1ccccc1. The molecule has 0 spiro atoms. The van der Waals surface area contributed by atoms with Gasteiger partial charge in [-0.25, -0.2) is 0 Å². The number of carbonyl (C=O) groups is 1. The number of Topliss-reactive ketones (excluding diaryl/α,β-unsaturated/α-hetero) is 1. The van der Waals surface area contributed by atoms with Gasteiger partial charge in [-0.3, -0.25) is 4.79 Å². The number of para-hydroxylation sites is 1. The van der Waals surface area contributed by atoms with Gasteiger partial charge in [-0.1, -0.05) is 18.2 Å². The van der Waals surface area contributed by atoms with Crippen LogP contribution in [0.15, 0.2) is 34.7 Å². The number of aryl methyl sites for hydroxylation is 1. The Morgan fingerprint density at radius 1 is 1.26 bits per heavy atom. The fraction of sp³-hybridized carbons (Fsp3) is 0.167. The maximum Gasteiger partial charge on any atom is 0.461 e. The number of halogens is 3. The maximum absolute atomic E-state index is 12.5. The molecule has 2 rings (SSSR count). The number of rotatable bonds is 2. The number of ketones is 1. The lowest BCUT2D eigenvalue weighted by molar-refractivity contribution is -0.609. The standard InChI is InChI=1S/C12H8F3NO3/c1-7-16(8-5-3-2-4-6-8)9(11(18)19-7)10(17)12(13,14)15/h2-6H,1H3/p+1. The molecular formula is C12H9F3NO3+. The molecule has 0 atom stereocenters. The number of alkyl halides is 3. The highest BCUT2D eigenvalue weighted by atomic mass is 19.4. The Hall–Kier alpha value is -2.31. The summed E-state index contributed by atoms with van der Waals surface area (Å²) in [6, 6.07) is 7.84. The van der Waals surface area contributed by atoms with Crippen molar-refractivity contribution in [3.63, 3.8) is 0 Å². The van der Waals surface area contributed by atoms with Gasteiger partial charge >= 0.3 is 29.5 Å². The number of aromatic nitrogens is 1. The summed E-state index contributed by atoms with van der Waals surface area (Å²) in [5.41, 5.74) is -0.646. The van der Waals surface area contributed by atoms with Gasteiger partial charge in [0.25, 0.3) is 0 Å². The van der Waals surface area contributed by atoms with E-state index in [-0.39, 0.29) is 11.6 Å². The van der Waals surface area contributed by atoms with E-state index in [9.17, 15) is 23.1 Å². The van der Waals surface area contributed by atoms with Crippen molar-refractivity contribution < 1.29 is 32.1 Å². The first-order valence-electron chi connectivity index (χ1n) is 5.23. The number of nitrogens with zero attached hydrogens (tertiary/aromatic N) is 1. The van der Waals surface area contributed by atoms with Crippen LogP contribution in [0.3, 0.4) is 0 Å². The van der Waals surface area contributed by atoms with Crippen LogP contribution in [0.5, 0.6) is 5.95 Å². The third-order valence-electron chi connectivity index (χ3n) is 2.47. The zero-order chi connectivity index (χ0) is 14.2. The average Bonchev–Trinajstić information content (AvgIpc) is 2.63. The smallest absolute Gasteiger partial charge is 0.461 e. The Morgan fingerprint density at radius 3 is 2.37 bits per heavy atom. The van der Waals surface area contributed by atoms with E-state index in [1.807, 2.05) is 0 Å². The van der Waals surface area contributed by atoms with Gasteiger partial charge in [0.2, 0.25) is 5.69 Å². The van der Waals surface area contributed by atoms with Crippen LogP contribution < -0.4 is 4.57 Å². The van der Waals surface area contributed by atoms with Crippen LogP contribution in [-0.2, 0) is 0 Å². The third-order valence-corrected chi connectivity index (χ3v) is 2.47. The molecule has 1 aromatic heterocycles. The van der Waals surface area contributed by atoms with Gasteiger partial charge in [0, 0.05) is 12.1 Å². The first-order chi connectivity index (χ1) is 8.82. The van der Waals surface area contributed by atoms with Crippen LogP contribution >= 0.6 is 0 Å². The second-order valence-electron chi connectivity index (χ2n) is 3.77. The van der Waals surface area contributed by atoms with E-state index in [0.29, 0.717) is 0 Å². The molecule has 0 aliphatic rings. The number of benzene rings is 1. The van der Waals surface area contributed by atoms with E-state index in [1.165, 1.54) is 19.1 Å². The molecule has 1 N–H and O–H groups in total. The monoisotopic (exact) mass is 272 g/mol. The minimum Gasteiger partial charge on any atom is -0.476 e. The topological polar surface area (TPSA) is 54.3 Å². The normalized spacial score (nSPS) is 11.6. The molecule has 0 bridgehead atoms. The lowest BCUT2D eigenvalue weighted by Crippen LogP contribution is -2.41. The van der Waals surface area contributed by atoms with Gasteiger partial charge in [0.05, 0.1) is 6.92 Å². The largest absolute Gasteiger partial charge is 0.476 e. The number of aromatic hydroxyl groups is 1. The zero-order valence-corrected chi connectivity index (χ0v) is 9.73. The molecule has 0 radical (unpaired) electrons. The van der Waals surface area contributed by atoms with Crippen molar-refractivity contribution in [3.05, 3.63) is 41.9 Å². The Kier molecular flexibility index (Phi) is 3.05. The van der Waals surface area contributed by atoms with Crippen molar-refractivity contribution in [2.24, 2.45) is 0 Å². The van der Waals surface area contributed by atoms with Gasteiger partial charge in [-0.15, -0.1) is 4.57 Å². The first kappa shape index (κ1) is 13.1. The molecule has 1 heterocycles. The molecule has 0 saturated carbocycles. The summed E-state index contributed by atoms with van der Waals surface area (Å²) in [7, 11) is 0. The van der Waals surface area contributed by atoms with Crippen LogP contribution in [-0.4, -0.2) is 17.1 Å². The summed E-state index contributed by atoms with van der Waals surface area (Å²) < 4.78 is 43.1. The number of hydrogen-bond donors (Lipinski definition) is 1. The third kappa shape index (κ3) is 2.31. The minimum atomic E-state index is -5.09. The molecule has 0 fully saturated rings. The molecule has 2 aromatic rings. The number of carbonyl (C=O) groups excluding carboxylic acids is 1. The highest BCUT2D eigenvalue weighted by Gasteiger charge is 2.49. The molecule has 0 aliphatic carbocycles. The molecule has 4 nitrogen and oxygen atoms in total. The van der Waals surface area contributed by atoms with E-state index in [2.05, 4.69) is 0 Å². The van der Waals surface area contributed by atoms with Gasteiger partial charge in [0.1, 0.15) is 0 Å². The molecular weight excluding hydrogens is 263 g/mol. The number of hydrogen-bond acceptors (Lipinski definition) is 3. The Balaban J connectivity index is 2.66. The van der Waals surface area contributed by atoms with Crippen molar-refractivity contribution >= 4 is 5.78 Å². The molecule has 19 heavy (non-hydrogen) atoms. The highest BCUT2D eigenvalue weighted by Crippen LogP contribution is 2.27. The van der Waals surface area contributed by atoms with Crippen LogP contribution in [0.1, 0.15) is 16.4 Å². The van der Waals surface area contributed by atoms with E-state index in [1.54, 1.807) is 18.2 Å². The van der Waals surface area contributed by atoms with Gasteiger partial charge in [0.15, 0.2) is 0 Å². The Morgan fingerprint density at radius 2 is 1.84 bits per heavy atom. The second kappa shape index (κ2) is 4.42. The van der Waals surface area contributed by atoms with Gasteiger partial charge < -0.3 is 9.52 Å². The Bertz CT molecular complexity index is 617. The lowest BCUT2D eigenvalue weighted by atomic mass is 10.2. The summed E-state index contributed by atoms with van der Waals surface area (Å²) in [4.78, 5) is 11.3. The molecule has 0 aliphatic heterocycles. The first-order valence-corrected chi connectivity index (χ1v) is 5.23. The van der Waals surface area contributed by atoms with Crippen molar-refractivity contribution in [2.75, 3.05) is 0 Å². The summed E-state index contributed by atoms with van der Waals surface area (Å²) >= 11 is 0. The van der Waals surface area contributed by atoms with E-state index in [0.717, 1.165) is 4.57 Å². The lowest BCUT2D eigenvalue weighted by Gasteiger charge is -2.01. The Labute approximate surface area is 105 Å². The summed E-state index contributed by atoms with van der Waals surface area (Å²) in [5.74, 6) is -3.24. The molecule has 0 saturated heterocycles. The fourth-order valence-electron chi connectivity index (χ4n) is 1.71. The van der Waals surface area contributed by atoms with Crippen molar-refractivity contribution in [3.8, 4) is 11.6 Å². The fourth-order valence-corrected chi connectivity index (χ4v) is 1.71. The molecule has 1 aromatic carbocycles. The highest BCUT2D eigenvalue weighted by molar-refractivity contribution is 5.99. The molecule has 100 valence electrons. The van der Waals surface area contributed by atoms with Crippen LogP contribution in [0, 0.1) is 6.92 Å². The molecule has 0 unspecified atom stereocenters. The van der Waals surface area contributed by atoms with E-state index >= 15 is 0 Å². The van der Waals surface area contributed by atoms with Gasteiger partial charge in [-0.2, -0.15) is 13.2 Å². The van der Waals surface area contributed by atoms with Crippen molar-refractivity contribution in [2.45, 2.75) is 13.1 Å². The van der Waals surface area contributed by atoms with Crippen molar-refractivity contribution in [1.29, 1.82) is 0 Å². The summed E-state index contributed by atoms with van der Waals surface area (Å²) in [6.07, 6.45) is -5.09. The quantitative estimate of drug-likeness (QED) is 0.674. The minimum absolute atomic E-state index is 0.0312. The van der Waals surface area contributed by atoms with Crippen LogP contribution in [0.25, 0.3) is 5.69 Å². The van der Waals surface area contributed by atoms with Gasteiger partial charge in [-0.05, 0) is 0 Å². The number of oxazole rings is 1. The predicted molar refractivity (Wildman–Crippen MR) is 57.0 cm³/mol. The van der Waals surface area contributed by atoms with Crippen LogP contribution in [0.4, 0.5) is 13.2 Å². The second-order valence-corrected chi connectivity index (χ2v) is 3.77. The average molecular weight is 272 g/mol. The summed E-state index contributed by atoms with van der Waals surface area (Å²) in [6.45, 7) is 1.35. The molecule has 7 heteroatoms. The predicted octanol–water partition coefficient (Wildman–Crippen LogP) is 2.32. The maximum atomic E-state index is 12.5. The summed E-state index contributed by atoms with van der Waals surface area (Å²) in [5, 5.41) is 9.40. The van der Waals surface area contributed by atoms with E-state index < -0.39 is 23.6 Å². The van der Waals surface area contributed by atoms with Crippen molar-refractivity contribution in [1.82, 2.24) is 0 Å². The molecule has 0 amide bonds. The zero-order valence-electron chi connectivity index (χ0n) is 9.73. The van der Waals surface area contributed by atoms with Crippen LogP contribution in [0.2, 0.25) is 0 Å².